The SMILES string of the molecule is COC1C(c2ccccc2)C2CC(C)C(CC3C(C)CC4C(c5cc(C(C)(C)C)cc(C(C)(C)C)c5)CC(C(C)(C)C)CC34)C2CC1C(C)(C)C. The van der Waals surface area contributed by atoms with E-state index in [1.165, 1.54) is 55.2 Å². The number of rotatable bonds is 5. The highest BCUT2D eigenvalue weighted by atomic mass is 16.5. The summed E-state index contributed by atoms with van der Waals surface area (Å²) in [7, 11) is 2.00. The Morgan fingerprint density at radius 2 is 1.10 bits per heavy atom. The molecule has 6 rings (SSSR count). The lowest BCUT2D eigenvalue weighted by molar-refractivity contribution is -0.0760. The average Bonchev–Trinajstić information content (AvgIpc) is 3.52. The van der Waals surface area contributed by atoms with Gasteiger partial charge < -0.3 is 4.74 Å². The molecule has 51 heavy (non-hydrogen) atoms. The van der Waals surface area contributed by atoms with Crippen LogP contribution in [-0.4, -0.2) is 13.2 Å². The molecule has 0 radical (unpaired) electrons. The molecule has 1 nitrogen and oxygen atoms in total. The van der Waals surface area contributed by atoms with Crippen LogP contribution in [0.5, 0.6) is 0 Å². The third kappa shape index (κ3) is 7.69. The lowest BCUT2D eigenvalue weighted by Crippen LogP contribution is -2.47. The molecule has 0 amide bonds. The summed E-state index contributed by atoms with van der Waals surface area (Å²) in [5, 5.41) is 0. The minimum Gasteiger partial charge on any atom is -0.381 e. The zero-order valence-corrected chi connectivity index (χ0v) is 35.8. The van der Waals surface area contributed by atoms with E-state index in [9.17, 15) is 0 Å². The summed E-state index contributed by atoms with van der Waals surface area (Å²) in [6.07, 6.45) is 8.65. The number of benzene rings is 2. The number of hydrogen-bond donors (Lipinski definition) is 0. The van der Waals surface area contributed by atoms with Crippen molar-refractivity contribution in [1.82, 2.24) is 0 Å². The normalized spacial score (nSPS) is 37.7. The first-order valence-electron chi connectivity index (χ1n) is 21.3. The van der Waals surface area contributed by atoms with Crippen LogP contribution in [0.2, 0.25) is 0 Å². The second kappa shape index (κ2) is 13.9. The third-order valence-corrected chi connectivity index (χ3v) is 15.8. The van der Waals surface area contributed by atoms with E-state index < -0.39 is 0 Å². The van der Waals surface area contributed by atoms with E-state index in [0.717, 1.165) is 53.3 Å². The lowest BCUT2D eigenvalue weighted by Gasteiger charge is -2.51. The Balaban J connectivity index is 1.36. The van der Waals surface area contributed by atoms with Gasteiger partial charge in [0.2, 0.25) is 0 Å². The Morgan fingerprint density at radius 1 is 0.569 bits per heavy atom. The van der Waals surface area contributed by atoms with Crippen LogP contribution in [0.25, 0.3) is 0 Å². The predicted molar refractivity (Wildman–Crippen MR) is 219 cm³/mol. The summed E-state index contributed by atoms with van der Waals surface area (Å²) in [4.78, 5) is 0. The van der Waals surface area contributed by atoms with Gasteiger partial charge in [-0.1, -0.05) is 145 Å². The second-order valence-electron chi connectivity index (χ2n) is 23.0. The van der Waals surface area contributed by atoms with Crippen LogP contribution in [0.1, 0.15) is 170 Å². The number of methoxy groups -OCH3 is 1. The van der Waals surface area contributed by atoms with Crippen molar-refractivity contribution in [2.75, 3.05) is 7.11 Å². The maximum atomic E-state index is 6.55. The minimum absolute atomic E-state index is 0.151. The van der Waals surface area contributed by atoms with Crippen molar-refractivity contribution < 1.29 is 4.74 Å². The fraction of sp³-hybridized carbons (Fsp3) is 0.760. The van der Waals surface area contributed by atoms with Gasteiger partial charge in [0, 0.05) is 13.0 Å². The fourth-order valence-corrected chi connectivity index (χ4v) is 12.7. The average molecular weight is 695 g/mol. The van der Waals surface area contributed by atoms with Crippen molar-refractivity contribution in [3.05, 3.63) is 70.8 Å². The molecular weight excluding hydrogens is 617 g/mol. The van der Waals surface area contributed by atoms with Crippen LogP contribution < -0.4 is 0 Å². The molecule has 0 spiro atoms. The van der Waals surface area contributed by atoms with E-state index in [0.29, 0.717) is 29.3 Å². The van der Waals surface area contributed by atoms with Gasteiger partial charge in [0.25, 0.3) is 0 Å². The lowest BCUT2D eigenvalue weighted by atomic mass is 9.56. The van der Waals surface area contributed by atoms with Crippen molar-refractivity contribution >= 4 is 0 Å². The highest BCUT2D eigenvalue weighted by Crippen LogP contribution is 2.64. The fourth-order valence-electron chi connectivity index (χ4n) is 12.7. The van der Waals surface area contributed by atoms with E-state index >= 15 is 0 Å². The van der Waals surface area contributed by atoms with Crippen LogP contribution in [0.3, 0.4) is 0 Å². The minimum atomic E-state index is 0.151. The second-order valence-corrected chi connectivity index (χ2v) is 23.0. The molecule has 0 aromatic heterocycles. The largest absolute Gasteiger partial charge is 0.381 e. The van der Waals surface area contributed by atoms with Crippen molar-refractivity contribution in [3.63, 3.8) is 0 Å². The zero-order chi connectivity index (χ0) is 37.4. The Bertz CT molecular complexity index is 1440. The van der Waals surface area contributed by atoms with Gasteiger partial charge in [-0.25, -0.2) is 0 Å². The summed E-state index contributed by atoms with van der Waals surface area (Å²) < 4.78 is 6.55. The molecule has 2 aromatic rings. The third-order valence-electron chi connectivity index (χ3n) is 15.8. The number of hydrogen-bond acceptors (Lipinski definition) is 1. The van der Waals surface area contributed by atoms with Gasteiger partial charge in [-0.2, -0.15) is 0 Å². The molecule has 4 aliphatic carbocycles. The number of fused-ring (bicyclic) bond motifs is 2. The van der Waals surface area contributed by atoms with E-state index in [2.05, 4.69) is 145 Å². The number of ether oxygens (including phenoxy) is 1. The van der Waals surface area contributed by atoms with Crippen LogP contribution in [0.4, 0.5) is 0 Å². The van der Waals surface area contributed by atoms with Crippen molar-refractivity contribution in [1.29, 1.82) is 0 Å². The van der Waals surface area contributed by atoms with Crippen molar-refractivity contribution in [2.45, 2.75) is 164 Å². The van der Waals surface area contributed by atoms with Gasteiger partial charge in [-0.05, 0) is 148 Å². The molecule has 4 fully saturated rings. The van der Waals surface area contributed by atoms with Crippen LogP contribution in [-0.2, 0) is 15.6 Å². The van der Waals surface area contributed by atoms with Crippen LogP contribution in [0, 0.1) is 70.0 Å². The smallest absolute Gasteiger partial charge is 0.0675 e. The Hall–Kier alpha value is -1.60. The van der Waals surface area contributed by atoms with Crippen LogP contribution in [0.15, 0.2) is 48.5 Å². The summed E-state index contributed by atoms with van der Waals surface area (Å²) in [5.74, 6) is 8.92. The van der Waals surface area contributed by atoms with Crippen molar-refractivity contribution in [3.8, 4) is 0 Å². The van der Waals surface area contributed by atoms with E-state index in [4.69, 9.17) is 4.74 Å². The van der Waals surface area contributed by atoms with Gasteiger partial charge in [-0.15, -0.1) is 0 Å². The van der Waals surface area contributed by atoms with Gasteiger partial charge in [0.05, 0.1) is 6.10 Å². The molecule has 0 heterocycles. The first-order chi connectivity index (χ1) is 23.6. The molecule has 0 N–H and O–H groups in total. The Labute approximate surface area is 315 Å². The maximum absolute atomic E-state index is 6.55. The van der Waals surface area contributed by atoms with E-state index in [-0.39, 0.29) is 16.2 Å². The molecule has 0 bridgehead atoms. The zero-order valence-electron chi connectivity index (χ0n) is 35.8. The first kappa shape index (κ1) is 39.1. The highest BCUT2D eigenvalue weighted by molar-refractivity contribution is 5.40. The highest BCUT2D eigenvalue weighted by Gasteiger charge is 2.57. The molecule has 4 aliphatic rings. The Kier molecular flexibility index (Phi) is 10.7. The standard InChI is InChI=1S/C50H78O/c1-30-21-40-39(33-23-34(47(3,4)5)25-35(24-33)48(6,7)8)26-36(49(9,10)11)27-41(40)37(30)28-38-31(2)22-43-42(38)29-44(50(12,13)14)46(51-15)45(43)32-19-17-16-18-20-32/h16-20,23-25,30-31,36-46H,21-22,26-29H2,1-15H3. The molecule has 0 aliphatic heterocycles. The quantitative estimate of drug-likeness (QED) is 0.303. The van der Waals surface area contributed by atoms with Crippen molar-refractivity contribution in [2.24, 2.45) is 70.0 Å². The van der Waals surface area contributed by atoms with Gasteiger partial charge in [-0.3, -0.25) is 0 Å². The molecular formula is C50H78O. The van der Waals surface area contributed by atoms with E-state index in [1.54, 1.807) is 5.56 Å². The predicted octanol–water partition coefficient (Wildman–Crippen LogP) is 13.9. The summed E-state index contributed by atoms with van der Waals surface area (Å²) in [6.45, 7) is 34.9. The molecule has 13 unspecified atom stereocenters. The van der Waals surface area contributed by atoms with Crippen LogP contribution >= 0.6 is 0 Å². The maximum Gasteiger partial charge on any atom is 0.0675 e. The molecule has 13 atom stereocenters. The van der Waals surface area contributed by atoms with E-state index in [1.807, 2.05) is 7.11 Å². The summed E-state index contributed by atoms with van der Waals surface area (Å²) >= 11 is 0. The molecule has 2 aromatic carbocycles. The monoisotopic (exact) mass is 695 g/mol. The topological polar surface area (TPSA) is 9.23 Å². The summed E-state index contributed by atoms with van der Waals surface area (Å²) in [6, 6.07) is 19.4. The van der Waals surface area contributed by atoms with Gasteiger partial charge in [0.15, 0.2) is 0 Å². The Morgan fingerprint density at radius 3 is 1.59 bits per heavy atom. The summed E-state index contributed by atoms with van der Waals surface area (Å²) in [5.41, 5.74) is 7.10. The first-order valence-corrected chi connectivity index (χ1v) is 21.3. The molecule has 0 saturated heterocycles. The molecule has 1 heteroatoms. The van der Waals surface area contributed by atoms with Gasteiger partial charge >= 0.3 is 0 Å². The van der Waals surface area contributed by atoms with Gasteiger partial charge in [0.1, 0.15) is 0 Å². The molecule has 284 valence electrons. The molecule has 4 saturated carbocycles.